The molecule has 0 radical (unpaired) electrons. The molecular formula is C23H21N7O. The largest absolute Gasteiger partial charge is 0.346 e. The number of carbonyl (C=O) groups excluding carboxylic acids is 1. The number of pyridine rings is 1. The van der Waals surface area contributed by atoms with Crippen LogP contribution >= 0.6 is 0 Å². The van der Waals surface area contributed by atoms with Gasteiger partial charge >= 0.3 is 0 Å². The molecular weight excluding hydrogens is 390 g/mol. The Bertz CT molecular complexity index is 1470. The highest BCUT2D eigenvalue weighted by atomic mass is 16.2. The molecule has 8 heteroatoms. The lowest BCUT2D eigenvalue weighted by Gasteiger charge is -2.27. The van der Waals surface area contributed by atoms with Crippen molar-refractivity contribution >= 4 is 27.8 Å². The van der Waals surface area contributed by atoms with Crippen molar-refractivity contribution in [3.05, 3.63) is 66.1 Å². The Balaban J connectivity index is 1.36. The summed E-state index contributed by atoms with van der Waals surface area (Å²) < 4.78 is 3.94. The minimum Gasteiger partial charge on any atom is -0.346 e. The number of aromatic amines is 1. The summed E-state index contributed by atoms with van der Waals surface area (Å²) in [5.41, 5.74) is 5.38. The summed E-state index contributed by atoms with van der Waals surface area (Å²) >= 11 is 0. The molecule has 31 heavy (non-hydrogen) atoms. The molecule has 0 spiro atoms. The molecule has 1 amide bonds. The molecule has 1 N–H and O–H groups in total. The van der Waals surface area contributed by atoms with Gasteiger partial charge in [-0.05, 0) is 30.7 Å². The third-order valence-corrected chi connectivity index (χ3v) is 5.92. The molecule has 0 fully saturated rings. The summed E-state index contributed by atoms with van der Waals surface area (Å²) in [4.78, 5) is 27.4. The zero-order valence-corrected chi connectivity index (χ0v) is 17.3. The highest BCUT2D eigenvalue weighted by Crippen LogP contribution is 2.30. The Morgan fingerprint density at radius 1 is 1.16 bits per heavy atom. The van der Waals surface area contributed by atoms with Crippen LogP contribution in [0.25, 0.3) is 33.1 Å². The normalized spacial score (nSPS) is 13.8. The van der Waals surface area contributed by atoms with Gasteiger partial charge in [0.1, 0.15) is 11.5 Å². The SMILES string of the molecule is Cc1cn2c(n1)CN(C(=O)c1cnc3[nH]cc(-c4ccc5nn(C)cc5c4)c3c1)CC2. The van der Waals surface area contributed by atoms with E-state index in [9.17, 15) is 4.79 Å². The smallest absolute Gasteiger partial charge is 0.255 e. The van der Waals surface area contributed by atoms with E-state index in [2.05, 4.69) is 36.8 Å². The maximum absolute atomic E-state index is 13.2. The number of amides is 1. The van der Waals surface area contributed by atoms with E-state index in [4.69, 9.17) is 0 Å². The molecule has 5 heterocycles. The molecule has 0 bridgehead atoms. The van der Waals surface area contributed by atoms with E-state index in [0.29, 0.717) is 18.7 Å². The number of aromatic nitrogens is 6. The number of carbonyl (C=O) groups is 1. The van der Waals surface area contributed by atoms with Crippen molar-refractivity contribution < 1.29 is 4.79 Å². The fourth-order valence-corrected chi connectivity index (χ4v) is 4.43. The first-order chi connectivity index (χ1) is 15.0. The predicted molar refractivity (Wildman–Crippen MR) is 118 cm³/mol. The average molecular weight is 411 g/mol. The molecule has 0 atom stereocenters. The maximum Gasteiger partial charge on any atom is 0.255 e. The topological polar surface area (TPSA) is 84.6 Å². The molecule has 0 saturated heterocycles. The summed E-state index contributed by atoms with van der Waals surface area (Å²) in [6, 6.07) is 8.13. The highest BCUT2D eigenvalue weighted by Gasteiger charge is 2.24. The summed E-state index contributed by atoms with van der Waals surface area (Å²) in [6.07, 6.45) is 7.64. The molecule has 1 aliphatic heterocycles. The van der Waals surface area contributed by atoms with Crippen LogP contribution < -0.4 is 0 Å². The van der Waals surface area contributed by atoms with Crippen LogP contribution in [0.2, 0.25) is 0 Å². The average Bonchev–Trinajstić information content (AvgIpc) is 3.45. The van der Waals surface area contributed by atoms with Gasteiger partial charge in [-0.3, -0.25) is 9.48 Å². The fourth-order valence-electron chi connectivity index (χ4n) is 4.43. The van der Waals surface area contributed by atoms with E-state index in [0.717, 1.165) is 51.1 Å². The van der Waals surface area contributed by atoms with Crippen molar-refractivity contribution in [3.8, 4) is 11.1 Å². The van der Waals surface area contributed by atoms with Crippen LogP contribution in [0.3, 0.4) is 0 Å². The van der Waals surface area contributed by atoms with Crippen molar-refractivity contribution in [3.63, 3.8) is 0 Å². The van der Waals surface area contributed by atoms with Gasteiger partial charge in [0.25, 0.3) is 5.91 Å². The number of aryl methyl sites for hydroxylation is 2. The first-order valence-electron chi connectivity index (χ1n) is 10.3. The number of imidazole rings is 1. The highest BCUT2D eigenvalue weighted by molar-refractivity contribution is 6.01. The maximum atomic E-state index is 13.2. The molecule has 1 aromatic carbocycles. The van der Waals surface area contributed by atoms with Gasteiger partial charge in [-0.2, -0.15) is 5.10 Å². The van der Waals surface area contributed by atoms with Gasteiger partial charge in [-0.15, -0.1) is 0 Å². The fraction of sp³-hybridized carbons (Fsp3) is 0.217. The van der Waals surface area contributed by atoms with Crippen molar-refractivity contribution in [2.75, 3.05) is 6.54 Å². The summed E-state index contributed by atoms with van der Waals surface area (Å²) in [5, 5.41) is 6.46. The van der Waals surface area contributed by atoms with Crippen molar-refractivity contribution in [1.82, 2.24) is 34.2 Å². The Labute approximate surface area is 178 Å². The molecule has 0 aliphatic carbocycles. The van der Waals surface area contributed by atoms with E-state index in [1.807, 2.05) is 54.3 Å². The van der Waals surface area contributed by atoms with Crippen molar-refractivity contribution in [1.29, 1.82) is 0 Å². The molecule has 5 aromatic rings. The third-order valence-electron chi connectivity index (χ3n) is 5.92. The number of benzene rings is 1. The summed E-state index contributed by atoms with van der Waals surface area (Å²) in [6.45, 7) is 3.92. The minimum absolute atomic E-state index is 0.0174. The van der Waals surface area contributed by atoms with Crippen molar-refractivity contribution in [2.24, 2.45) is 7.05 Å². The lowest BCUT2D eigenvalue weighted by molar-refractivity contribution is 0.0707. The molecule has 0 unspecified atom stereocenters. The zero-order chi connectivity index (χ0) is 21.1. The number of hydrogen-bond acceptors (Lipinski definition) is 4. The summed E-state index contributed by atoms with van der Waals surface area (Å²) in [5.74, 6) is 0.911. The van der Waals surface area contributed by atoms with E-state index >= 15 is 0 Å². The molecule has 6 rings (SSSR count). The van der Waals surface area contributed by atoms with Gasteiger partial charge < -0.3 is 14.5 Å². The number of nitrogens with zero attached hydrogens (tertiary/aromatic N) is 6. The molecule has 0 saturated carbocycles. The van der Waals surface area contributed by atoms with E-state index < -0.39 is 0 Å². The third kappa shape index (κ3) is 2.91. The van der Waals surface area contributed by atoms with Gasteiger partial charge in [0.2, 0.25) is 0 Å². The second-order valence-electron chi connectivity index (χ2n) is 8.12. The predicted octanol–water partition coefficient (Wildman–Crippen LogP) is 3.28. The molecule has 154 valence electrons. The lowest BCUT2D eigenvalue weighted by Crippen LogP contribution is -2.38. The van der Waals surface area contributed by atoms with E-state index in [-0.39, 0.29) is 5.91 Å². The number of nitrogens with one attached hydrogen (secondary N) is 1. The number of hydrogen-bond donors (Lipinski definition) is 1. The number of rotatable bonds is 2. The van der Waals surface area contributed by atoms with Crippen LogP contribution in [0.15, 0.2) is 49.1 Å². The second kappa shape index (κ2) is 6.53. The standard InChI is InChI=1S/C23H21N7O/c1-14-11-29-5-6-30(13-21(29)26-14)23(31)16-8-18-19(10-25-22(18)24-9-16)15-3-4-20-17(7-15)12-28(2)27-20/h3-4,7-12H,5-6,13H2,1-2H3,(H,24,25). The Morgan fingerprint density at radius 2 is 2.06 bits per heavy atom. The van der Waals surface area contributed by atoms with E-state index in [1.165, 1.54) is 0 Å². The molecule has 4 aromatic heterocycles. The second-order valence-corrected chi connectivity index (χ2v) is 8.12. The van der Waals surface area contributed by atoms with Crippen LogP contribution in [0.1, 0.15) is 21.9 Å². The Hall–Kier alpha value is -3.94. The Morgan fingerprint density at radius 3 is 2.97 bits per heavy atom. The van der Waals surface area contributed by atoms with Crippen LogP contribution in [-0.4, -0.2) is 46.7 Å². The van der Waals surface area contributed by atoms with Crippen molar-refractivity contribution in [2.45, 2.75) is 20.0 Å². The van der Waals surface area contributed by atoms with Gasteiger partial charge in [0.05, 0.1) is 23.3 Å². The van der Waals surface area contributed by atoms with Crippen LogP contribution in [0.5, 0.6) is 0 Å². The Kier molecular flexibility index (Phi) is 3.77. The van der Waals surface area contributed by atoms with E-state index in [1.54, 1.807) is 6.20 Å². The quantitative estimate of drug-likeness (QED) is 0.483. The first kappa shape index (κ1) is 17.9. The van der Waals surface area contributed by atoms with Crippen LogP contribution in [0, 0.1) is 6.92 Å². The monoisotopic (exact) mass is 411 g/mol. The molecule has 8 nitrogen and oxygen atoms in total. The summed E-state index contributed by atoms with van der Waals surface area (Å²) in [7, 11) is 1.92. The first-order valence-corrected chi connectivity index (χ1v) is 10.3. The minimum atomic E-state index is -0.0174. The zero-order valence-electron chi connectivity index (χ0n) is 17.3. The lowest BCUT2D eigenvalue weighted by atomic mass is 10.0. The van der Waals surface area contributed by atoms with Crippen LogP contribution in [-0.2, 0) is 20.1 Å². The van der Waals surface area contributed by atoms with Gasteiger partial charge in [0.15, 0.2) is 0 Å². The van der Waals surface area contributed by atoms with Crippen LogP contribution in [0.4, 0.5) is 0 Å². The van der Waals surface area contributed by atoms with Gasteiger partial charge in [-0.25, -0.2) is 9.97 Å². The van der Waals surface area contributed by atoms with Gasteiger partial charge in [-0.1, -0.05) is 6.07 Å². The number of fused-ring (bicyclic) bond motifs is 3. The number of H-pyrrole nitrogens is 1. The van der Waals surface area contributed by atoms with Gasteiger partial charge in [0, 0.05) is 61.3 Å². The molecule has 1 aliphatic rings.